The molecule has 1 amide bonds. The lowest BCUT2D eigenvalue weighted by molar-refractivity contribution is 0.0550. The fourth-order valence-corrected chi connectivity index (χ4v) is 1.62. The normalized spacial score (nSPS) is 28.5. The number of hydrogen-bond acceptors (Lipinski definition) is 3. The van der Waals surface area contributed by atoms with Gasteiger partial charge in [-0.1, -0.05) is 12.2 Å². The standard InChI is InChI=1S/C7H12N2O3S/c8-6(13)4-3-9(7(11)12)2-1-5(4)10/h4-5,10H,1-3H2,(H2,8,13)(H,11,12)/t4-,5-/m1/s1. The highest BCUT2D eigenvalue weighted by Gasteiger charge is 2.31. The number of likely N-dealkylation sites (tertiary alicyclic amines) is 1. The van der Waals surface area contributed by atoms with E-state index < -0.39 is 18.1 Å². The second kappa shape index (κ2) is 3.89. The third kappa shape index (κ3) is 2.28. The molecule has 1 saturated heterocycles. The average Bonchev–Trinajstić information content (AvgIpc) is 2.04. The first-order valence-electron chi connectivity index (χ1n) is 3.97. The molecule has 13 heavy (non-hydrogen) atoms. The summed E-state index contributed by atoms with van der Waals surface area (Å²) < 4.78 is 0. The van der Waals surface area contributed by atoms with Crippen molar-refractivity contribution >= 4 is 23.3 Å². The molecule has 0 spiro atoms. The highest BCUT2D eigenvalue weighted by molar-refractivity contribution is 7.80. The second-order valence-electron chi connectivity index (χ2n) is 3.09. The molecule has 1 heterocycles. The van der Waals surface area contributed by atoms with Gasteiger partial charge in [0.25, 0.3) is 0 Å². The summed E-state index contributed by atoms with van der Waals surface area (Å²) in [6, 6.07) is 0. The van der Waals surface area contributed by atoms with Gasteiger partial charge >= 0.3 is 6.09 Å². The molecule has 1 fully saturated rings. The Morgan fingerprint density at radius 3 is 2.69 bits per heavy atom. The van der Waals surface area contributed by atoms with Crippen molar-refractivity contribution in [1.82, 2.24) is 4.90 Å². The molecule has 2 atom stereocenters. The van der Waals surface area contributed by atoms with Crippen LogP contribution in [0.25, 0.3) is 0 Å². The van der Waals surface area contributed by atoms with Crippen LogP contribution in [0, 0.1) is 5.92 Å². The third-order valence-electron chi connectivity index (χ3n) is 2.21. The highest BCUT2D eigenvalue weighted by atomic mass is 32.1. The van der Waals surface area contributed by atoms with E-state index in [2.05, 4.69) is 0 Å². The van der Waals surface area contributed by atoms with Gasteiger partial charge in [-0.15, -0.1) is 0 Å². The van der Waals surface area contributed by atoms with Gasteiger partial charge in [0, 0.05) is 13.1 Å². The molecule has 1 rings (SSSR count). The maximum atomic E-state index is 10.6. The molecule has 0 radical (unpaired) electrons. The quantitative estimate of drug-likeness (QED) is 0.507. The topological polar surface area (TPSA) is 86.8 Å². The number of amides is 1. The van der Waals surface area contributed by atoms with Gasteiger partial charge in [-0.3, -0.25) is 0 Å². The molecule has 0 aromatic heterocycles. The first kappa shape index (κ1) is 10.2. The van der Waals surface area contributed by atoms with Crippen LogP contribution in [0.5, 0.6) is 0 Å². The molecular formula is C7H12N2O3S. The van der Waals surface area contributed by atoms with Crippen LogP contribution in [0.15, 0.2) is 0 Å². The summed E-state index contributed by atoms with van der Waals surface area (Å²) in [6.45, 7) is 0.543. The Bertz CT molecular complexity index is 234. The van der Waals surface area contributed by atoms with Gasteiger partial charge in [0.2, 0.25) is 0 Å². The zero-order valence-electron chi connectivity index (χ0n) is 7.01. The number of nitrogens with zero attached hydrogens (tertiary/aromatic N) is 1. The number of carboxylic acid groups (broad SMARTS) is 1. The van der Waals surface area contributed by atoms with Crippen molar-refractivity contribution in [2.45, 2.75) is 12.5 Å². The number of aliphatic hydroxyl groups excluding tert-OH is 1. The summed E-state index contributed by atoms with van der Waals surface area (Å²) in [5.74, 6) is -0.403. The van der Waals surface area contributed by atoms with E-state index in [9.17, 15) is 9.90 Å². The first-order valence-corrected chi connectivity index (χ1v) is 4.38. The van der Waals surface area contributed by atoms with E-state index in [1.54, 1.807) is 0 Å². The lowest BCUT2D eigenvalue weighted by Gasteiger charge is -2.33. The molecule has 4 N–H and O–H groups in total. The highest BCUT2D eigenvalue weighted by Crippen LogP contribution is 2.17. The van der Waals surface area contributed by atoms with Crippen LogP contribution in [-0.4, -0.2) is 45.4 Å². The SMILES string of the molecule is NC(=S)[C@@H]1CN(C(=O)O)CC[C@H]1O. The van der Waals surface area contributed by atoms with Crippen LogP contribution < -0.4 is 5.73 Å². The lowest BCUT2D eigenvalue weighted by atomic mass is 9.95. The molecule has 5 nitrogen and oxygen atoms in total. The third-order valence-corrected chi connectivity index (χ3v) is 2.52. The van der Waals surface area contributed by atoms with Crippen LogP contribution in [0.1, 0.15) is 6.42 Å². The molecule has 0 bridgehead atoms. The number of hydrogen-bond donors (Lipinski definition) is 3. The molecule has 0 aromatic carbocycles. The van der Waals surface area contributed by atoms with Crippen molar-refractivity contribution in [1.29, 1.82) is 0 Å². The van der Waals surface area contributed by atoms with Gasteiger partial charge in [0.15, 0.2) is 0 Å². The summed E-state index contributed by atoms with van der Waals surface area (Å²) in [7, 11) is 0. The van der Waals surface area contributed by atoms with Gasteiger partial charge in [0.05, 0.1) is 17.0 Å². The second-order valence-corrected chi connectivity index (χ2v) is 3.56. The van der Waals surface area contributed by atoms with Gasteiger partial charge < -0.3 is 20.8 Å². The minimum Gasteiger partial charge on any atom is -0.465 e. The fraction of sp³-hybridized carbons (Fsp3) is 0.714. The molecule has 0 unspecified atom stereocenters. The fourth-order valence-electron chi connectivity index (χ4n) is 1.39. The molecule has 0 aliphatic carbocycles. The predicted octanol–water partition coefficient (Wildman–Crippen LogP) is -0.367. The molecule has 0 saturated carbocycles. The van der Waals surface area contributed by atoms with Crippen molar-refractivity contribution in [3.05, 3.63) is 0 Å². The van der Waals surface area contributed by atoms with Gasteiger partial charge in [-0.25, -0.2) is 4.79 Å². The number of thiocarbonyl (C=S) groups is 1. The number of nitrogens with two attached hydrogens (primary N) is 1. The Labute approximate surface area is 81.1 Å². The largest absolute Gasteiger partial charge is 0.465 e. The van der Waals surface area contributed by atoms with Crippen molar-refractivity contribution in [2.24, 2.45) is 11.7 Å². The Kier molecular flexibility index (Phi) is 3.05. The lowest BCUT2D eigenvalue weighted by Crippen LogP contribution is -2.49. The molecular weight excluding hydrogens is 192 g/mol. The van der Waals surface area contributed by atoms with Crippen molar-refractivity contribution in [3.63, 3.8) is 0 Å². The van der Waals surface area contributed by atoms with Gasteiger partial charge in [-0.05, 0) is 6.42 Å². The summed E-state index contributed by atoms with van der Waals surface area (Å²) >= 11 is 4.73. The summed E-state index contributed by atoms with van der Waals surface area (Å²) in [5, 5.41) is 18.1. The number of carbonyl (C=O) groups is 1. The average molecular weight is 204 g/mol. The van der Waals surface area contributed by atoms with Gasteiger partial charge in [0.1, 0.15) is 0 Å². The maximum Gasteiger partial charge on any atom is 0.407 e. The Morgan fingerprint density at radius 1 is 1.62 bits per heavy atom. The smallest absolute Gasteiger partial charge is 0.407 e. The first-order chi connectivity index (χ1) is 6.02. The van der Waals surface area contributed by atoms with Crippen LogP contribution in [-0.2, 0) is 0 Å². The van der Waals surface area contributed by atoms with Crippen LogP contribution in [0.4, 0.5) is 4.79 Å². The van der Waals surface area contributed by atoms with E-state index in [-0.39, 0.29) is 11.5 Å². The van der Waals surface area contributed by atoms with Crippen molar-refractivity contribution < 1.29 is 15.0 Å². The van der Waals surface area contributed by atoms with E-state index in [0.717, 1.165) is 0 Å². The minimum absolute atomic E-state index is 0.179. The van der Waals surface area contributed by atoms with Crippen molar-refractivity contribution in [2.75, 3.05) is 13.1 Å². The predicted molar refractivity (Wildman–Crippen MR) is 50.5 cm³/mol. The molecule has 0 aromatic rings. The Balaban J connectivity index is 2.63. The summed E-state index contributed by atoms with van der Waals surface area (Å²) in [5.41, 5.74) is 5.37. The molecule has 1 aliphatic rings. The zero-order chi connectivity index (χ0) is 10.0. The van der Waals surface area contributed by atoms with Crippen LogP contribution >= 0.6 is 12.2 Å². The van der Waals surface area contributed by atoms with E-state index in [0.29, 0.717) is 13.0 Å². The minimum atomic E-state index is -0.992. The number of rotatable bonds is 1. The Morgan fingerprint density at radius 2 is 2.23 bits per heavy atom. The Hall–Kier alpha value is -0.880. The monoisotopic (exact) mass is 204 g/mol. The summed E-state index contributed by atoms with van der Waals surface area (Å²) in [4.78, 5) is 12.0. The van der Waals surface area contributed by atoms with Crippen molar-refractivity contribution in [3.8, 4) is 0 Å². The van der Waals surface area contributed by atoms with E-state index in [1.807, 2.05) is 0 Å². The van der Waals surface area contributed by atoms with E-state index in [1.165, 1.54) is 4.90 Å². The maximum absolute atomic E-state index is 10.6. The molecule has 74 valence electrons. The van der Waals surface area contributed by atoms with E-state index in [4.69, 9.17) is 23.1 Å². The van der Waals surface area contributed by atoms with Crippen LogP contribution in [0.2, 0.25) is 0 Å². The van der Waals surface area contributed by atoms with Crippen LogP contribution in [0.3, 0.4) is 0 Å². The number of piperidine rings is 1. The number of aliphatic hydroxyl groups is 1. The molecule has 1 aliphatic heterocycles. The van der Waals surface area contributed by atoms with Gasteiger partial charge in [-0.2, -0.15) is 0 Å². The molecule has 6 heteroatoms. The zero-order valence-corrected chi connectivity index (χ0v) is 7.83. The van der Waals surface area contributed by atoms with E-state index >= 15 is 0 Å². The summed E-state index contributed by atoms with van der Waals surface area (Å²) in [6.07, 6.45) is -1.20.